The minimum atomic E-state index is -0.733. The van der Waals surface area contributed by atoms with E-state index in [-0.39, 0.29) is 23.4 Å². The lowest BCUT2D eigenvalue weighted by Gasteiger charge is -2.37. The van der Waals surface area contributed by atoms with Crippen molar-refractivity contribution in [2.75, 3.05) is 6.67 Å². The molecule has 0 saturated heterocycles. The van der Waals surface area contributed by atoms with Gasteiger partial charge in [0.05, 0.1) is 5.56 Å². The number of rotatable bonds is 7. The Labute approximate surface area is 239 Å². The van der Waals surface area contributed by atoms with Crippen molar-refractivity contribution in [3.63, 3.8) is 0 Å². The second kappa shape index (κ2) is 13.9. The van der Waals surface area contributed by atoms with Gasteiger partial charge in [0.2, 0.25) is 0 Å². The fourth-order valence-corrected chi connectivity index (χ4v) is 8.63. The third-order valence-corrected chi connectivity index (χ3v) is 11.3. The molecule has 40 heavy (non-hydrogen) atoms. The maximum Gasteiger partial charge on any atom is 0.341 e. The molecule has 0 amide bonds. The molecule has 2 nitrogen and oxygen atoms in total. The standard InChI is InChI=1S/C35H49F3O2/c1-23-2-4-24(5-3-23)25-6-8-28(9-7-25)30-16-19-32(34(38)22-30)35(39)40-31-17-14-27(15-18-31)26-10-12-29(13-11-26)33(37)20-21-36/h16,19-20,22-29,31H,2-15,17-18,21H2,1H3/b33-20-. The Balaban J connectivity index is 1.05. The normalized spacial score (nSPS) is 35.8. The zero-order chi connectivity index (χ0) is 28.1. The quantitative estimate of drug-likeness (QED) is 0.311. The molecule has 4 fully saturated rings. The molecule has 0 aliphatic heterocycles. The van der Waals surface area contributed by atoms with Crippen molar-refractivity contribution in [2.45, 2.75) is 122 Å². The zero-order valence-electron chi connectivity index (χ0n) is 24.4. The molecular formula is C35H49F3O2. The molecule has 4 aliphatic rings. The van der Waals surface area contributed by atoms with Gasteiger partial charge in [-0.25, -0.2) is 18.0 Å². The van der Waals surface area contributed by atoms with E-state index >= 15 is 4.39 Å². The average Bonchev–Trinajstić information content (AvgIpc) is 2.98. The van der Waals surface area contributed by atoms with Crippen LogP contribution in [0.2, 0.25) is 0 Å². The van der Waals surface area contributed by atoms with Crippen molar-refractivity contribution in [3.8, 4) is 0 Å². The van der Waals surface area contributed by atoms with E-state index in [9.17, 15) is 13.6 Å². The fourth-order valence-electron chi connectivity index (χ4n) is 8.63. The van der Waals surface area contributed by atoms with Crippen molar-refractivity contribution in [3.05, 3.63) is 47.0 Å². The fraction of sp³-hybridized carbons (Fsp3) is 0.743. The Morgan fingerprint density at radius 2 is 1.32 bits per heavy atom. The number of carbonyl (C=O) groups excluding carboxylic acids is 1. The molecule has 0 bridgehead atoms. The summed E-state index contributed by atoms with van der Waals surface area (Å²) in [5, 5.41) is 0. The van der Waals surface area contributed by atoms with Gasteiger partial charge in [0, 0.05) is 5.92 Å². The van der Waals surface area contributed by atoms with Gasteiger partial charge < -0.3 is 4.74 Å². The SMILES string of the molecule is CC1CCC(C2CCC(c3ccc(C(=O)OC4CCC(C5CCC(/C(F)=C/CF)CC5)CC4)c(F)c3)CC2)CC1. The molecule has 222 valence electrons. The van der Waals surface area contributed by atoms with Crippen LogP contribution in [0.1, 0.15) is 131 Å². The molecule has 0 unspecified atom stereocenters. The van der Waals surface area contributed by atoms with Gasteiger partial charge in [0.15, 0.2) is 0 Å². The third-order valence-electron chi connectivity index (χ3n) is 11.3. The first-order valence-electron chi connectivity index (χ1n) is 16.3. The minimum absolute atomic E-state index is 0.0533. The highest BCUT2D eigenvalue weighted by Crippen LogP contribution is 2.45. The summed E-state index contributed by atoms with van der Waals surface area (Å²) in [7, 11) is 0. The summed E-state index contributed by atoms with van der Waals surface area (Å²) in [4.78, 5) is 12.9. The first kappa shape index (κ1) is 29.7. The van der Waals surface area contributed by atoms with E-state index in [4.69, 9.17) is 4.74 Å². The Hall–Kier alpha value is -1.78. The number of hydrogen-bond donors (Lipinski definition) is 0. The Morgan fingerprint density at radius 1 is 0.800 bits per heavy atom. The molecule has 1 aromatic carbocycles. The lowest BCUT2D eigenvalue weighted by atomic mass is 9.68. The summed E-state index contributed by atoms with van der Waals surface area (Å²) in [6.45, 7) is 1.64. The van der Waals surface area contributed by atoms with Crippen LogP contribution < -0.4 is 0 Å². The van der Waals surface area contributed by atoms with Gasteiger partial charge in [-0.3, -0.25) is 0 Å². The summed E-state index contributed by atoms with van der Waals surface area (Å²) in [5.41, 5.74) is 1.08. The minimum Gasteiger partial charge on any atom is -0.459 e. The highest BCUT2D eigenvalue weighted by molar-refractivity contribution is 5.89. The Morgan fingerprint density at radius 3 is 1.88 bits per heavy atom. The number of benzene rings is 1. The van der Waals surface area contributed by atoms with Crippen LogP contribution in [0.3, 0.4) is 0 Å². The monoisotopic (exact) mass is 558 g/mol. The molecule has 0 radical (unpaired) electrons. The Bertz CT molecular complexity index is 990. The van der Waals surface area contributed by atoms with Crippen LogP contribution in [0.5, 0.6) is 0 Å². The molecule has 0 aromatic heterocycles. The number of alkyl halides is 1. The van der Waals surface area contributed by atoms with Gasteiger partial charge in [0.25, 0.3) is 0 Å². The molecule has 1 aromatic rings. The van der Waals surface area contributed by atoms with E-state index in [2.05, 4.69) is 6.92 Å². The van der Waals surface area contributed by atoms with E-state index in [0.717, 1.165) is 93.6 Å². The van der Waals surface area contributed by atoms with E-state index in [1.165, 1.54) is 38.5 Å². The van der Waals surface area contributed by atoms with E-state index < -0.39 is 18.5 Å². The highest BCUT2D eigenvalue weighted by atomic mass is 19.1. The third kappa shape index (κ3) is 7.34. The molecule has 0 spiro atoms. The predicted octanol–water partition coefficient (Wildman–Crippen LogP) is 10.3. The highest BCUT2D eigenvalue weighted by Gasteiger charge is 2.34. The van der Waals surface area contributed by atoms with Crippen molar-refractivity contribution in [1.29, 1.82) is 0 Å². The molecule has 4 aliphatic carbocycles. The predicted molar refractivity (Wildman–Crippen MR) is 154 cm³/mol. The van der Waals surface area contributed by atoms with E-state index in [1.54, 1.807) is 12.1 Å². The number of allylic oxidation sites excluding steroid dienone is 2. The van der Waals surface area contributed by atoms with Crippen molar-refractivity contribution >= 4 is 5.97 Å². The van der Waals surface area contributed by atoms with Crippen LogP contribution in [0.4, 0.5) is 13.2 Å². The van der Waals surface area contributed by atoms with E-state index in [0.29, 0.717) is 17.8 Å². The van der Waals surface area contributed by atoms with Gasteiger partial charge in [-0.2, -0.15) is 0 Å². The summed E-state index contributed by atoms with van der Waals surface area (Å²) < 4.78 is 47.2. The van der Waals surface area contributed by atoms with Crippen LogP contribution in [-0.4, -0.2) is 18.7 Å². The molecule has 4 saturated carbocycles. The second-order valence-corrected chi connectivity index (χ2v) is 13.7. The first-order valence-corrected chi connectivity index (χ1v) is 16.3. The molecule has 0 atom stereocenters. The average molecular weight is 559 g/mol. The maximum atomic E-state index is 15.1. The van der Waals surface area contributed by atoms with Gasteiger partial charge in [-0.1, -0.05) is 25.8 Å². The summed E-state index contributed by atoms with van der Waals surface area (Å²) in [6, 6.07) is 5.18. The molecule has 5 rings (SSSR count). The zero-order valence-corrected chi connectivity index (χ0v) is 24.4. The van der Waals surface area contributed by atoms with Crippen LogP contribution >= 0.6 is 0 Å². The van der Waals surface area contributed by atoms with E-state index in [1.807, 2.05) is 6.07 Å². The molecular weight excluding hydrogens is 509 g/mol. The largest absolute Gasteiger partial charge is 0.459 e. The maximum absolute atomic E-state index is 15.1. The van der Waals surface area contributed by atoms with Gasteiger partial charge >= 0.3 is 5.97 Å². The number of esters is 1. The van der Waals surface area contributed by atoms with Crippen molar-refractivity contribution < 1.29 is 22.7 Å². The smallest absolute Gasteiger partial charge is 0.341 e. The molecule has 5 heteroatoms. The van der Waals surface area contributed by atoms with Gasteiger partial charge in [-0.05, 0) is 149 Å². The number of hydrogen-bond acceptors (Lipinski definition) is 2. The topological polar surface area (TPSA) is 26.3 Å². The second-order valence-electron chi connectivity index (χ2n) is 13.7. The lowest BCUT2D eigenvalue weighted by molar-refractivity contribution is 0.0107. The van der Waals surface area contributed by atoms with Gasteiger partial charge in [0.1, 0.15) is 24.4 Å². The summed E-state index contributed by atoms with van der Waals surface area (Å²) >= 11 is 0. The first-order chi connectivity index (χ1) is 19.4. The lowest BCUT2D eigenvalue weighted by Crippen LogP contribution is -2.30. The summed E-state index contributed by atoms with van der Waals surface area (Å²) in [6.07, 6.45) is 18.3. The summed E-state index contributed by atoms with van der Waals surface area (Å²) in [5.74, 6) is 2.73. The van der Waals surface area contributed by atoms with Crippen molar-refractivity contribution in [2.24, 2.45) is 35.5 Å². The van der Waals surface area contributed by atoms with Crippen LogP contribution in [0.25, 0.3) is 0 Å². The number of ether oxygens (including phenoxy) is 1. The van der Waals surface area contributed by atoms with Crippen LogP contribution in [-0.2, 0) is 4.74 Å². The Kier molecular flexibility index (Phi) is 10.3. The van der Waals surface area contributed by atoms with Crippen LogP contribution in [0.15, 0.2) is 30.1 Å². The molecule has 0 heterocycles. The number of halogens is 3. The van der Waals surface area contributed by atoms with Crippen molar-refractivity contribution in [1.82, 2.24) is 0 Å². The van der Waals surface area contributed by atoms with Crippen LogP contribution in [0, 0.1) is 41.3 Å². The number of carbonyl (C=O) groups is 1. The van der Waals surface area contributed by atoms with Gasteiger partial charge in [-0.15, -0.1) is 0 Å². The molecule has 0 N–H and O–H groups in total.